The summed E-state index contributed by atoms with van der Waals surface area (Å²) in [6, 6.07) is 0. The fourth-order valence-corrected chi connectivity index (χ4v) is 1.40. The quantitative estimate of drug-likeness (QED) is 0.520. The zero-order valence-electron chi connectivity index (χ0n) is 8.62. The lowest BCUT2D eigenvalue weighted by atomic mass is 10.3. The molecule has 0 bridgehead atoms. The number of hydrogen-bond donors (Lipinski definition) is 2. The number of nitrogens with zero attached hydrogens (tertiary/aromatic N) is 1. The predicted octanol–water partition coefficient (Wildman–Crippen LogP) is -1.12. The molecular formula is C8H20N2O2S. The van der Waals surface area contributed by atoms with E-state index < -0.39 is 10.8 Å². The van der Waals surface area contributed by atoms with Crippen molar-refractivity contribution in [3.05, 3.63) is 0 Å². The standard InChI is InChI=1S/C8H20N2O2S/c1-10(2)7-8(11)6-9-4-5-13(3)12/h8-9,11H,4-7H2,1-3H3. The maximum Gasteiger partial charge on any atom is 0.0791 e. The molecular weight excluding hydrogens is 188 g/mol. The zero-order valence-corrected chi connectivity index (χ0v) is 9.43. The molecule has 2 atom stereocenters. The van der Waals surface area contributed by atoms with Crippen LogP contribution in [0.1, 0.15) is 0 Å². The number of aliphatic hydroxyl groups excluding tert-OH is 1. The molecule has 13 heavy (non-hydrogen) atoms. The second-order valence-electron chi connectivity index (χ2n) is 3.40. The van der Waals surface area contributed by atoms with Gasteiger partial charge in [-0.2, -0.15) is 0 Å². The van der Waals surface area contributed by atoms with Crippen LogP contribution in [-0.2, 0) is 10.8 Å². The van der Waals surface area contributed by atoms with E-state index in [9.17, 15) is 9.32 Å². The zero-order chi connectivity index (χ0) is 10.3. The van der Waals surface area contributed by atoms with E-state index in [1.807, 2.05) is 19.0 Å². The lowest BCUT2D eigenvalue weighted by molar-refractivity contribution is 0.135. The Morgan fingerprint density at radius 1 is 1.54 bits per heavy atom. The highest BCUT2D eigenvalue weighted by Crippen LogP contribution is 1.83. The molecule has 0 aromatic carbocycles. The average molecular weight is 208 g/mol. The SMILES string of the molecule is CN(C)CC(O)CNCCS(C)=O. The van der Waals surface area contributed by atoms with Crippen molar-refractivity contribution < 1.29 is 9.32 Å². The van der Waals surface area contributed by atoms with Gasteiger partial charge in [-0.05, 0) is 14.1 Å². The fourth-order valence-electron chi connectivity index (χ4n) is 0.971. The second-order valence-corrected chi connectivity index (χ2v) is 4.95. The lowest BCUT2D eigenvalue weighted by Crippen LogP contribution is -2.36. The third-order valence-electron chi connectivity index (χ3n) is 1.52. The van der Waals surface area contributed by atoms with Gasteiger partial charge in [-0.1, -0.05) is 0 Å². The molecule has 0 aliphatic carbocycles. The summed E-state index contributed by atoms with van der Waals surface area (Å²) in [7, 11) is 3.10. The average Bonchev–Trinajstić information content (AvgIpc) is 1.96. The third-order valence-corrected chi connectivity index (χ3v) is 2.30. The first-order chi connectivity index (χ1) is 6.02. The normalized spacial score (nSPS) is 16.1. The molecule has 0 amide bonds. The van der Waals surface area contributed by atoms with Crippen LogP contribution in [0.2, 0.25) is 0 Å². The van der Waals surface area contributed by atoms with Crippen molar-refractivity contribution in [2.75, 3.05) is 45.7 Å². The molecule has 0 heterocycles. The van der Waals surface area contributed by atoms with Gasteiger partial charge in [-0.15, -0.1) is 0 Å². The van der Waals surface area contributed by atoms with E-state index in [4.69, 9.17) is 0 Å². The summed E-state index contributed by atoms with van der Waals surface area (Å²) < 4.78 is 10.7. The molecule has 0 radical (unpaired) electrons. The van der Waals surface area contributed by atoms with Crippen molar-refractivity contribution in [2.24, 2.45) is 0 Å². The smallest absolute Gasteiger partial charge is 0.0791 e. The maximum absolute atomic E-state index is 10.7. The van der Waals surface area contributed by atoms with Gasteiger partial charge in [0.1, 0.15) is 0 Å². The van der Waals surface area contributed by atoms with Gasteiger partial charge in [0.25, 0.3) is 0 Å². The van der Waals surface area contributed by atoms with Crippen LogP contribution in [0.15, 0.2) is 0 Å². The van der Waals surface area contributed by atoms with Gasteiger partial charge in [-0.25, -0.2) is 0 Å². The highest BCUT2D eigenvalue weighted by Gasteiger charge is 2.03. The second kappa shape index (κ2) is 7.44. The van der Waals surface area contributed by atoms with Gasteiger partial charge in [0.15, 0.2) is 0 Å². The molecule has 0 rings (SSSR count). The molecule has 0 aromatic heterocycles. The van der Waals surface area contributed by atoms with Crippen molar-refractivity contribution in [2.45, 2.75) is 6.10 Å². The van der Waals surface area contributed by atoms with E-state index in [-0.39, 0.29) is 6.10 Å². The summed E-state index contributed by atoms with van der Waals surface area (Å²) in [5.41, 5.74) is 0. The Bertz CT molecular complexity index is 153. The number of rotatable bonds is 7. The van der Waals surface area contributed by atoms with Crippen molar-refractivity contribution in [3.8, 4) is 0 Å². The van der Waals surface area contributed by atoms with Gasteiger partial charge in [-0.3, -0.25) is 4.21 Å². The van der Waals surface area contributed by atoms with Crippen LogP contribution < -0.4 is 5.32 Å². The first-order valence-corrected chi connectivity index (χ1v) is 6.08. The molecule has 2 unspecified atom stereocenters. The van der Waals surface area contributed by atoms with Crippen molar-refractivity contribution >= 4 is 10.8 Å². The van der Waals surface area contributed by atoms with E-state index in [1.165, 1.54) is 0 Å². The first kappa shape index (κ1) is 13.0. The molecule has 2 N–H and O–H groups in total. The van der Waals surface area contributed by atoms with Crippen molar-refractivity contribution in [3.63, 3.8) is 0 Å². The van der Waals surface area contributed by atoms with E-state index in [1.54, 1.807) is 6.26 Å². The van der Waals surface area contributed by atoms with Gasteiger partial charge >= 0.3 is 0 Å². The van der Waals surface area contributed by atoms with Crippen LogP contribution in [0, 0.1) is 0 Å². The highest BCUT2D eigenvalue weighted by molar-refractivity contribution is 7.84. The number of hydrogen-bond acceptors (Lipinski definition) is 4. The molecule has 0 spiro atoms. The minimum atomic E-state index is -0.746. The Hall–Kier alpha value is 0.0300. The summed E-state index contributed by atoms with van der Waals surface area (Å²) >= 11 is 0. The predicted molar refractivity (Wildman–Crippen MR) is 56.4 cm³/mol. The number of likely N-dealkylation sites (N-methyl/N-ethyl adjacent to an activating group) is 1. The summed E-state index contributed by atoms with van der Waals surface area (Å²) in [5.74, 6) is 0.648. The van der Waals surface area contributed by atoms with Crippen LogP contribution in [-0.4, -0.2) is 66.1 Å². The summed E-state index contributed by atoms with van der Waals surface area (Å²) in [6.07, 6.45) is 1.33. The van der Waals surface area contributed by atoms with E-state index in [0.717, 1.165) is 0 Å². The molecule has 0 fully saturated rings. The van der Waals surface area contributed by atoms with Gasteiger partial charge in [0.05, 0.1) is 6.10 Å². The molecule has 0 saturated heterocycles. The van der Waals surface area contributed by atoms with Gasteiger partial charge in [0.2, 0.25) is 0 Å². The van der Waals surface area contributed by atoms with Crippen LogP contribution >= 0.6 is 0 Å². The molecule has 4 nitrogen and oxygen atoms in total. The lowest BCUT2D eigenvalue weighted by Gasteiger charge is -2.16. The number of aliphatic hydroxyl groups is 1. The Balaban J connectivity index is 3.26. The molecule has 0 saturated carbocycles. The van der Waals surface area contributed by atoms with E-state index >= 15 is 0 Å². The Labute approximate surface area is 82.8 Å². The minimum absolute atomic E-state index is 0.347. The number of nitrogens with one attached hydrogen (secondary N) is 1. The van der Waals surface area contributed by atoms with Gasteiger partial charge in [0, 0.05) is 42.4 Å². The molecule has 0 aliphatic rings. The monoisotopic (exact) mass is 208 g/mol. The summed E-state index contributed by atoms with van der Waals surface area (Å²) in [5, 5.41) is 12.5. The largest absolute Gasteiger partial charge is 0.390 e. The van der Waals surface area contributed by atoms with E-state index in [2.05, 4.69) is 5.32 Å². The maximum atomic E-state index is 10.7. The van der Waals surface area contributed by atoms with Crippen LogP contribution in [0.25, 0.3) is 0 Å². The highest BCUT2D eigenvalue weighted by atomic mass is 32.2. The molecule has 5 heteroatoms. The van der Waals surface area contributed by atoms with Crippen molar-refractivity contribution in [1.29, 1.82) is 0 Å². The molecule has 0 aromatic rings. The Morgan fingerprint density at radius 3 is 2.62 bits per heavy atom. The van der Waals surface area contributed by atoms with E-state index in [0.29, 0.717) is 25.4 Å². The van der Waals surface area contributed by atoms with Crippen molar-refractivity contribution in [1.82, 2.24) is 10.2 Å². The van der Waals surface area contributed by atoms with Crippen LogP contribution in [0.5, 0.6) is 0 Å². The Kier molecular flexibility index (Phi) is 7.45. The fraction of sp³-hybridized carbons (Fsp3) is 1.00. The molecule has 80 valence electrons. The first-order valence-electron chi connectivity index (χ1n) is 4.36. The Morgan fingerprint density at radius 2 is 2.15 bits per heavy atom. The van der Waals surface area contributed by atoms with Crippen LogP contribution in [0.4, 0.5) is 0 Å². The topological polar surface area (TPSA) is 52.6 Å². The minimum Gasteiger partial charge on any atom is -0.390 e. The molecule has 0 aliphatic heterocycles. The third kappa shape index (κ3) is 9.95. The van der Waals surface area contributed by atoms with Crippen LogP contribution in [0.3, 0.4) is 0 Å². The summed E-state index contributed by atoms with van der Waals surface area (Å²) in [6.45, 7) is 1.92. The summed E-state index contributed by atoms with van der Waals surface area (Å²) in [4.78, 5) is 1.93. The van der Waals surface area contributed by atoms with Gasteiger partial charge < -0.3 is 15.3 Å².